The monoisotopic (exact) mass is 174 g/mol. The quantitative estimate of drug-likeness (QED) is 0.498. The van der Waals surface area contributed by atoms with Crippen molar-refractivity contribution in [2.75, 3.05) is 6.61 Å². The fourth-order valence-electron chi connectivity index (χ4n) is 0.725. The van der Waals surface area contributed by atoms with Crippen LogP contribution in [0.3, 0.4) is 0 Å². The first-order chi connectivity index (χ1) is 5.50. The largest absolute Gasteiger partial charge is 0.481 e. The number of aliphatic hydroxyl groups excluding tert-OH is 1. The number of hydrogen-bond acceptors (Lipinski definition) is 3. The molecular formula is C7H10O5. The van der Waals surface area contributed by atoms with E-state index in [0.29, 0.717) is 0 Å². The van der Waals surface area contributed by atoms with Gasteiger partial charge in [0.25, 0.3) is 0 Å². The van der Waals surface area contributed by atoms with Gasteiger partial charge >= 0.3 is 11.9 Å². The molecule has 12 heavy (non-hydrogen) atoms. The summed E-state index contributed by atoms with van der Waals surface area (Å²) in [5, 5.41) is 25.3. The van der Waals surface area contributed by atoms with E-state index in [1.165, 1.54) is 0 Å². The fourth-order valence-corrected chi connectivity index (χ4v) is 0.725. The Morgan fingerprint density at radius 2 is 1.83 bits per heavy atom. The second-order valence-electron chi connectivity index (χ2n) is 2.23. The van der Waals surface area contributed by atoms with Crippen LogP contribution in [0.25, 0.3) is 0 Å². The number of aliphatic hydroxyl groups is 1. The van der Waals surface area contributed by atoms with Crippen molar-refractivity contribution in [3.8, 4) is 0 Å². The number of hydrogen-bond donors (Lipinski definition) is 3. The van der Waals surface area contributed by atoms with Gasteiger partial charge in [-0.05, 0) is 6.42 Å². The van der Waals surface area contributed by atoms with Crippen LogP contribution in [0.4, 0.5) is 0 Å². The molecule has 0 aromatic rings. The molecule has 0 heterocycles. The first-order valence-corrected chi connectivity index (χ1v) is 3.26. The van der Waals surface area contributed by atoms with Crippen molar-refractivity contribution in [3.05, 3.63) is 12.2 Å². The summed E-state index contributed by atoms with van der Waals surface area (Å²) in [6, 6.07) is 0. The van der Waals surface area contributed by atoms with Crippen molar-refractivity contribution in [2.24, 2.45) is 5.92 Å². The summed E-state index contributed by atoms with van der Waals surface area (Å²) in [6.45, 7) is 2.73. The Labute approximate surface area is 68.9 Å². The van der Waals surface area contributed by atoms with Crippen molar-refractivity contribution in [3.63, 3.8) is 0 Å². The maximum atomic E-state index is 10.4. The average molecular weight is 174 g/mol. The topological polar surface area (TPSA) is 94.8 Å². The maximum Gasteiger partial charge on any atom is 0.331 e. The van der Waals surface area contributed by atoms with Crippen molar-refractivity contribution in [1.29, 1.82) is 0 Å². The number of rotatable bonds is 5. The van der Waals surface area contributed by atoms with Crippen LogP contribution in [0.15, 0.2) is 12.2 Å². The molecule has 0 spiro atoms. The molecule has 68 valence electrons. The van der Waals surface area contributed by atoms with E-state index in [9.17, 15) is 9.59 Å². The minimum absolute atomic E-state index is 0.125. The predicted octanol–water partition coefficient (Wildman–Crippen LogP) is -0.290. The second-order valence-corrected chi connectivity index (χ2v) is 2.23. The Balaban J connectivity index is 4.40. The van der Waals surface area contributed by atoms with E-state index in [-0.39, 0.29) is 13.0 Å². The van der Waals surface area contributed by atoms with Crippen LogP contribution < -0.4 is 0 Å². The lowest BCUT2D eigenvalue weighted by Gasteiger charge is -2.09. The molecule has 0 radical (unpaired) electrons. The van der Waals surface area contributed by atoms with E-state index >= 15 is 0 Å². The predicted molar refractivity (Wildman–Crippen MR) is 39.6 cm³/mol. The van der Waals surface area contributed by atoms with Gasteiger partial charge in [0.15, 0.2) is 0 Å². The number of aliphatic carboxylic acids is 2. The highest BCUT2D eigenvalue weighted by molar-refractivity contribution is 5.93. The third-order valence-corrected chi connectivity index (χ3v) is 1.41. The lowest BCUT2D eigenvalue weighted by Crippen LogP contribution is -2.21. The first-order valence-electron chi connectivity index (χ1n) is 3.26. The zero-order chi connectivity index (χ0) is 9.72. The summed E-state index contributed by atoms with van der Waals surface area (Å²) in [7, 11) is 0. The van der Waals surface area contributed by atoms with Gasteiger partial charge in [0.2, 0.25) is 0 Å². The van der Waals surface area contributed by atoms with Crippen molar-refractivity contribution < 1.29 is 24.9 Å². The summed E-state index contributed by atoms with van der Waals surface area (Å²) in [4.78, 5) is 20.7. The summed E-state index contributed by atoms with van der Waals surface area (Å²) in [5.41, 5.74) is -0.406. The highest BCUT2D eigenvalue weighted by Crippen LogP contribution is 2.13. The van der Waals surface area contributed by atoms with Gasteiger partial charge in [0.1, 0.15) is 0 Å². The Morgan fingerprint density at radius 3 is 2.08 bits per heavy atom. The first kappa shape index (κ1) is 10.6. The molecule has 0 fully saturated rings. The lowest BCUT2D eigenvalue weighted by molar-refractivity contribution is -0.144. The van der Waals surface area contributed by atoms with Gasteiger partial charge in [-0.15, -0.1) is 0 Å². The smallest absolute Gasteiger partial charge is 0.331 e. The lowest BCUT2D eigenvalue weighted by atomic mass is 9.98. The molecule has 0 aliphatic rings. The summed E-state index contributed by atoms with van der Waals surface area (Å²) >= 11 is 0. The molecule has 0 aromatic heterocycles. The van der Waals surface area contributed by atoms with Gasteiger partial charge in [0, 0.05) is 12.2 Å². The second kappa shape index (κ2) is 4.50. The molecular weight excluding hydrogens is 164 g/mol. The summed E-state index contributed by atoms with van der Waals surface area (Å²) in [6.07, 6.45) is -0.125. The van der Waals surface area contributed by atoms with Gasteiger partial charge < -0.3 is 15.3 Å². The van der Waals surface area contributed by atoms with Crippen LogP contribution in [-0.2, 0) is 9.59 Å². The normalized spacial score (nSPS) is 12.1. The molecule has 0 aliphatic carbocycles. The van der Waals surface area contributed by atoms with Crippen molar-refractivity contribution >= 4 is 11.9 Å². The van der Waals surface area contributed by atoms with Crippen LogP contribution in [0.5, 0.6) is 0 Å². The van der Waals surface area contributed by atoms with E-state index in [4.69, 9.17) is 15.3 Å². The molecule has 0 aliphatic heterocycles. The van der Waals surface area contributed by atoms with Gasteiger partial charge in [-0.3, -0.25) is 4.79 Å². The number of carbonyl (C=O) groups is 2. The van der Waals surface area contributed by atoms with Crippen LogP contribution in [0, 0.1) is 5.92 Å². The van der Waals surface area contributed by atoms with Crippen molar-refractivity contribution in [2.45, 2.75) is 6.42 Å². The van der Waals surface area contributed by atoms with Gasteiger partial charge in [-0.25, -0.2) is 4.79 Å². The molecule has 1 unspecified atom stereocenters. The van der Waals surface area contributed by atoms with Crippen LogP contribution in [0.1, 0.15) is 6.42 Å². The minimum atomic E-state index is -1.35. The van der Waals surface area contributed by atoms with Gasteiger partial charge in [-0.2, -0.15) is 0 Å². The number of carboxylic acid groups (broad SMARTS) is 2. The fraction of sp³-hybridized carbons (Fsp3) is 0.429. The molecule has 3 N–H and O–H groups in total. The van der Waals surface area contributed by atoms with E-state index < -0.39 is 23.4 Å². The number of carboxylic acids is 2. The Hall–Kier alpha value is -1.36. The molecule has 0 saturated carbocycles. The van der Waals surface area contributed by atoms with Crippen LogP contribution in [0.2, 0.25) is 0 Å². The van der Waals surface area contributed by atoms with Crippen LogP contribution >= 0.6 is 0 Å². The average Bonchev–Trinajstić information content (AvgIpc) is 1.98. The summed E-state index contributed by atoms with van der Waals surface area (Å²) in [5.74, 6) is -3.83. The SMILES string of the molecule is C=C(C(=O)O)C(CCO)C(=O)O. The molecule has 1 atom stereocenters. The minimum Gasteiger partial charge on any atom is -0.481 e. The van der Waals surface area contributed by atoms with E-state index in [2.05, 4.69) is 6.58 Å². The highest BCUT2D eigenvalue weighted by Gasteiger charge is 2.24. The highest BCUT2D eigenvalue weighted by atomic mass is 16.4. The van der Waals surface area contributed by atoms with Crippen LogP contribution in [-0.4, -0.2) is 33.9 Å². The maximum absolute atomic E-state index is 10.4. The Morgan fingerprint density at radius 1 is 1.33 bits per heavy atom. The Bertz CT molecular complexity index is 208. The van der Waals surface area contributed by atoms with Gasteiger partial charge in [0.05, 0.1) is 5.92 Å². The third-order valence-electron chi connectivity index (χ3n) is 1.41. The summed E-state index contributed by atoms with van der Waals surface area (Å²) < 4.78 is 0. The molecule has 5 nitrogen and oxygen atoms in total. The molecule has 0 saturated heterocycles. The molecule has 0 rings (SSSR count). The van der Waals surface area contributed by atoms with Crippen molar-refractivity contribution in [1.82, 2.24) is 0 Å². The molecule has 0 aromatic carbocycles. The van der Waals surface area contributed by atoms with E-state index in [1.54, 1.807) is 0 Å². The Kier molecular flexibility index (Phi) is 3.99. The zero-order valence-electron chi connectivity index (χ0n) is 6.36. The molecule has 0 bridgehead atoms. The standard InChI is InChI=1S/C7H10O5/c1-4(6(9)10)5(2-3-8)7(11)12/h5,8H,1-3H2,(H,9,10)(H,11,12). The molecule has 5 heteroatoms. The zero-order valence-corrected chi connectivity index (χ0v) is 6.36. The molecule has 0 amide bonds. The van der Waals surface area contributed by atoms with Gasteiger partial charge in [-0.1, -0.05) is 6.58 Å². The van der Waals surface area contributed by atoms with E-state index in [1.807, 2.05) is 0 Å². The third kappa shape index (κ3) is 2.71. The van der Waals surface area contributed by atoms with E-state index in [0.717, 1.165) is 0 Å².